The molecule has 1 aliphatic carbocycles. The predicted octanol–water partition coefficient (Wildman–Crippen LogP) is 3.80. The van der Waals surface area contributed by atoms with Gasteiger partial charge in [0.1, 0.15) is 0 Å². The van der Waals surface area contributed by atoms with Crippen molar-refractivity contribution in [2.75, 3.05) is 19.6 Å². The molecule has 1 aliphatic heterocycles. The van der Waals surface area contributed by atoms with Gasteiger partial charge in [-0.1, -0.05) is 39.5 Å². The van der Waals surface area contributed by atoms with Gasteiger partial charge in [-0.05, 0) is 57.0 Å². The Balaban J connectivity index is 2.02. The average Bonchev–Trinajstić information content (AvgIpc) is 2.66. The van der Waals surface area contributed by atoms with Gasteiger partial charge in [0, 0.05) is 12.1 Å². The van der Waals surface area contributed by atoms with Crippen LogP contribution in [0.2, 0.25) is 0 Å². The van der Waals surface area contributed by atoms with Crippen LogP contribution in [-0.2, 0) is 0 Å². The smallest absolute Gasteiger partial charge is 0.0357 e. The van der Waals surface area contributed by atoms with E-state index in [1.807, 2.05) is 0 Å². The molecule has 0 radical (unpaired) electrons. The lowest BCUT2D eigenvalue weighted by atomic mass is 9.72. The van der Waals surface area contributed by atoms with E-state index in [-0.39, 0.29) is 0 Å². The van der Waals surface area contributed by atoms with Gasteiger partial charge in [0.25, 0.3) is 0 Å². The zero-order valence-corrected chi connectivity index (χ0v) is 13.2. The molecule has 2 nitrogen and oxygen atoms in total. The molecular formula is C17H34N2. The van der Waals surface area contributed by atoms with Crippen molar-refractivity contribution in [3.63, 3.8) is 0 Å². The lowest BCUT2D eigenvalue weighted by molar-refractivity contribution is 0.0148. The molecular weight excluding hydrogens is 232 g/mol. The molecule has 1 saturated carbocycles. The van der Waals surface area contributed by atoms with Gasteiger partial charge in [-0.15, -0.1) is 0 Å². The first-order chi connectivity index (χ1) is 9.23. The predicted molar refractivity (Wildman–Crippen MR) is 83.2 cm³/mol. The van der Waals surface area contributed by atoms with Crippen LogP contribution in [0.5, 0.6) is 0 Å². The third-order valence-electron chi connectivity index (χ3n) is 5.94. The molecule has 0 aromatic rings. The molecule has 1 heterocycles. The maximum Gasteiger partial charge on any atom is 0.0357 e. The highest BCUT2D eigenvalue weighted by Gasteiger charge is 2.42. The van der Waals surface area contributed by atoms with Crippen LogP contribution in [0.3, 0.4) is 0 Å². The van der Waals surface area contributed by atoms with Gasteiger partial charge < -0.3 is 5.73 Å². The van der Waals surface area contributed by atoms with E-state index in [1.165, 1.54) is 70.9 Å². The third kappa shape index (κ3) is 3.33. The van der Waals surface area contributed by atoms with Crippen LogP contribution in [0.1, 0.15) is 71.6 Å². The molecule has 0 aromatic carbocycles. The molecule has 2 heteroatoms. The standard InChI is InChI=1S/C17H34N2/c1-3-7-16-9-6-12-19(13-10-16)17(14-18)11-5-4-8-15(17)2/h15-16H,3-14,18H2,1-2H3. The van der Waals surface area contributed by atoms with Crippen LogP contribution in [0, 0.1) is 11.8 Å². The fourth-order valence-electron chi connectivity index (χ4n) is 4.61. The van der Waals surface area contributed by atoms with Crippen molar-refractivity contribution in [2.45, 2.75) is 77.2 Å². The molecule has 3 atom stereocenters. The van der Waals surface area contributed by atoms with E-state index in [0.29, 0.717) is 5.54 Å². The zero-order chi connectivity index (χ0) is 13.7. The first-order valence-corrected chi connectivity index (χ1v) is 8.68. The normalized spacial score (nSPS) is 38.1. The van der Waals surface area contributed by atoms with Crippen LogP contribution in [0.25, 0.3) is 0 Å². The number of likely N-dealkylation sites (tertiary alicyclic amines) is 1. The van der Waals surface area contributed by atoms with Crippen molar-refractivity contribution >= 4 is 0 Å². The van der Waals surface area contributed by atoms with Crippen LogP contribution in [0.4, 0.5) is 0 Å². The second-order valence-corrected chi connectivity index (χ2v) is 7.03. The Morgan fingerprint density at radius 2 is 1.95 bits per heavy atom. The summed E-state index contributed by atoms with van der Waals surface area (Å²) in [5.41, 5.74) is 6.59. The van der Waals surface area contributed by atoms with Gasteiger partial charge in [-0.2, -0.15) is 0 Å². The summed E-state index contributed by atoms with van der Waals surface area (Å²) in [6.07, 6.45) is 12.5. The molecule has 0 spiro atoms. The van der Waals surface area contributed by atoms with Crippen LogP contribution in [-0.4, -0.2) is 30.1 Å². The summed E-state index contributed by atoms with van der Waals surface area (Å²) in [6.45, 7) is 8.23. The van der Waals surface area contributed by atoms with Gasteiger partial charge in [0.15, 0.2) is 0 Å². The summed E-state index contributed by atoms with van der Waals surface area (Å²) in [6, 6.07) is 0. The molecule has 0 amide bonds. The Morgan fingerprint density at radius 1 is 1.11 bits per heavy atom. The fraction of sp³-hybridized carbons (Fsp3) is 1.00. The van der Waals surface area contributed by atoms with Crippen molar-refractivity contribution in [1.29, 1.82) is 0 Å². The Bertz CT molecular complexity index is 266. The number of rotatable bonds is 4. The van der Waals surface area contributed by atoms with Crippen molar-refractivity contribution in [1.82, 2.24) is 4.90 Å². The first kappa shape index (κ1) is 15.3. The van der Waals surface area contributed by atoms with Gasteiger partial charge in [0.2, 0.25) is 0 Å². The summed E-state index contributed by atoms with van der Waals surface area (Å²) in [7, 11) is 0. The molecule has 1 saturated heterocycles. The third-order valence-corrected chi connectivity index (χ3v) is 5.94. The molecule has 3 unspecified atom stereocenters. The van der Waals surface area contributed by atoms with E-state index >= 15 is 0 Å². The maximum atomic E-state index is 6.26. The van der Waals surface area contributed by atoms with Crippen LogP contribution < -0.4 is 5.73 Å². The van der Waals surface area contributed by atoms with Gasteiger partial charge in [-0.25, -0.2) is 0 Å². The Morgan fingerprint density at radius 3 is 2.63 bits per heavy atom. The van der Waals surface area contributed by atoms with Crippen molar-refractivity contribution in [2.24, 2.45) is 17.6 Å². The van der Waals surface area contributed by atoms with E-state index in [4.69, 9.17) is 5.73 Å². The molecule has 0 aromatic heterocycles. The summed E-state index contributed by atoms with van der Waals surface area (Å²) in [4.78, 5) is 2.80. The Kier molecular flexibility index (Phi) is 5.70. The highest BCUT2D eigenvalue weighted by molar-refractivity contribution is 4.99. The molecule has 2 rings (SSSR count). The average molecular weight is 266 g/mol. The van der Waals surface area contributed by atoms with Crippen LogP contribution >= 0.6 is 0 Å². The van der Waals surface area contributed by atoms with Gasteiger partial charge in [0.05, 0.1) is 0 Å². The first-order valence-electron chi connectivity index (χ1n) is 8.68. The number of nitrogens with zero attached hydrogens (tertiary/aromatic N) is 1. The molecule has 2 N–H and O–H groups in total. The Labute approximate surface area is 120 Å². The molecule has 112 valence electrons. The number of hydrogen-bond donors (Lipinski definition) is 1. The SMILES string of the molecule is CCCC1CCCN(C2(CN)CCCCC2C)CC1. The summed E-state index contributed by atoms with van der Waals surface area (Å²) >= 11 is 0. The molecule has 2 fully saturated rings. The summed E-state index contributed by atoms with van der Waals surface area (Å²) < 4.78 is 0. The highest BCUT2D eigenvalue weighted by atomic mass is 15.2. The minimum Gasteiger partial charge on any atom is -0.329 e. The number of nitrogens with two attached hydrogens (primary N) is 1. The van der Waals surface area contributed by atoms with E-state index in [1.54, 1.807) is 0 Å². The molecule has 0 bridgehead atoms. The van der Waals surface area contributed by atoms with Gasteiger partial charge >= 0.3 is 0 Å². The molecule has 2 aliphatic rings. The largest absolute Gasteiger partial charge is 0.329 e. The fourth-order valence-corrected chi connectivity index (χ4v) is 4.61. The number of hydrogen-bond acceptors (Lipinski definition) is 2. The van der Waals surface area contributed by atoms with Crippen LogP contribution in [0.15, 0.2) is 0 Å². The summed E-state index contributed by atoms with van der Waals surface area (Å²) in [5, 5.41) is 0. The maximum absolute atomic E-state index is 6.26. The van der Waals surface area contributed by atoms with Crippen molar-refractivity contribution in [3.05, 3.63) is 0 Å². The van der Waals surface area contributed by atoms with E-state index in [0.717, 1.165) is 18.4 Å². The molecule has 19 heavy (non-hydrogen) atoms. The lowest BCUT2D eigenvalue weighted by Gasteiger charge is -2.50. The second kappa shape index (κ2) is 7.08. The Hall–Kier alpha value is -0.0800. The van der Waals surface area contributed by atoms with E-state index in [2.05, 4.69) is 18.7 Å². The zero-order valence-electron chi connectivity index (χ0n) is 13.2. The van der Waals surface area contributed by atoms with Crippen molar-refractivity contribution < 1.29 is 0 Å². The highest BCUT2D eigenvalue weighted by Crippen LogP contribution is 2.39. The lowest BCUT2D eigenvalue weighted by Crippen LogP contribution is -2.59. The topological polar surface area (TPSA) is 29.3 Å². The minimum absolute atomic E-state index is 0.333. The van der Waals surface area contributed by atoms with Gasteiger partial charge in [-0.3, -0.25) is 4.90 Å². The van der Waals surface area contributed by atoms with E-state index in [9.17, 15) is 0 Å². The van der Waals surface area contributed by atoms with E-state index < -0.39 is 0 Å². The second-order valence-electron chi connectivity index (χ2n) is 7.03. The quantitative estimate of drug-likeness (QED) is 0.838. The van der Waals surface area contributed by atoms with Crippen molar-refractivity contribution in [3.8, 4) is 0 Å². The minimum atomic E-state index is 0.333. The monoisotopic (exact) mass is 266 g/mol. The summed E-state index contributed by atoms with van der Waals surface area (Å²) in [5.74, 6) is 1.76.